The van der Waals surface area contributed by atoms with Crippen LogP contribution in [0.25, 0.3) is 0 Å². The fraction of sp³-hybridized carbons (Fsp3) is 0.667. The molecule has 0 unspecified atom stereocenters. The van der Waals surface area contributed by atoms with Crippen molar-refractivity contribution in [1.82, 2.24) is 0 Å². The van der Waals surface area contributed by atoms with Gasteiger partial charge in [0.05, 0.1) is 0 Å². The average molecular weight is 186 g/mol. The minimum atomic E-state index is -4.51. The van der Waals surface area contributed by atoms with Crippen LogP contribution in [0.5, 0.6) is 0 Å². The quantitative estimate of drug-likeness (QED) is 0.432. The third-order valence-corrected chi connectivity index (χ3v) is 3.33. The van der Waals surface area contributed by atoms with Crippen LogP contribution in [-0.4, -0.2) is 25.6 Å². The lowest BCUT2D eigenvalue weighted by molar-refractivity contribution is 0.498. The van der Waals surface area contributed by atoms with Gasteiger partial charge < -0.3 is 0 Å². The Kier molecular flexibility index (Phi) is 3.00. The van der Waals surface area contributed by atoms with Gasteiger partial charge >= 0.3 is 10.1 Å². The summed E-state index contributed by atoms with van der Waals surface area (Å²) in [5, 5.41) is 0. The molecule has 5 nitrogen and oxygen atoms in total. The molecule has 0 aliphatic heterocycles. The van der Waals surface area contributed by atoms with E-state index in [9.17, 15) is 16.8 Å². The van der Waals surface area contributed by atoms with Crippen molar-refractivity contribution in [3.05, 3.63) is 0 Å². The largest absolute Gasteiger partial charge is 0.305 e. The van der Waals surface area contributed by atoms with E-state index in [-0.39, 0.29) is 6.42 Å². The molecular weight excluding hydrogens is 180 g/mol. The smallest absolute Gasteiger partial charge is 0.281 e. The number of hydrogen-bond donors (Lipinski definition) is 1. The van der Waals surface area contributed by atoms with Crippen LogP contribution in [0, 0.1) is 0 Å². The summed E-state index contributed by atoms with van der Waals surface area (Å²) >= 11 is 0. The summed E-state index contributed by atoms with van der Waals surface area (Å²) in [5.74, 6) is 0. The van der Waals surface area contributed by atoms with Gasteiger partial charge in [-0.15, -0.1) is 0 Å². The van der Waals surface area contributed by atoms with E-state index in [0.717, 1.165) is 0 Å². The summed E-state index contributed by atoms with van der Waals surface area (Å²) in [7, 11) is -7.35. The van der Waals surface area contributed by atoms with Crippen LogP contribution in [0.4, 0.5) is 0 Å². The van der Waals surface area contributed by atoms with Crippen LogP contribution in [0.3, 0.4) is 0 Å². The van der Waals surface area contributed by atoms with Crippen molar-refractivity contribution in [2.24, 2.45) is 0 Å². The van der Waals surface area contributed by atoms with Crippen molar-refractivity contribution in [3.8, 4) is 0 Å². The van der Waals surface area contributed by atoms with Gasteiger partial charge in [-0.05, 0) is 6.42 Å². The van der Waals surface area contributed by atoms with Crippen molar-refractivity contribution in [3.63, 3.8) is 0 Å². The predicted molar refractivity (Wildman–Crippen MR) is 35.8 cm³/mol. The Balaban J connectivity index is 5.38. The van der Waals surface area contributed by atoms with Crippen molar-refractivity contribution in [1.29, 1.82) is 0 Å². The van der Waals surface area contributed by atoms with Crippen LogP contribution in [0.1, 0.15) is 13.3 Å². The Morgan fingerprint density at radius 2 is 1.90 bits per heavy atom. The highest BCUT2D eigenvalue weighted by Gasteiger charge is 2.14. The van der Waals surface area contributed by atoms with E-state index < -0.39 is 24.6 Å². The molecule has 0 aliphatic rings. The highest BCUT2D eigenvalue weighted by Crippen LogP contribution is 1.91. The van der Waals surface area contributed by atoms with Crippen LogP contribution in [-0.2, 0) is 20.4 Å². The zero-order valence-electron chi connectivity index (χ0n) is 5.10. The summed E-state index contributed by atoms with van der Waals surface area (Å²) < 4.78 is 47.6. The first-order valence-electron chi connectivity index (χ1n) is 2.32. The second-order valence-electron chi connectivity index (χ2n) is 1.44. The minimum absolute atomic E-state index is 0.227. The molecule has 0 aliphatic carbocycles. The molecule has 0 rings (SSSR count). The Hall–Kier alpha value is -0.400. The molecule has 0 bridgehead atoms. The number of hydrogen-bond acceptors (Lipinski definition) is 4. The fourth-order valence-electron chi connectivity index (χ4n) is 0.386. The third-order valence-electron chi connectivity index (χ3n) is 0.762. The summed E-state index contributed by atoms with van der Waals surface area (Å²) in [4.78, 5) is 0. The fourth-order valence-corrected chi connectivity index (χ4v) is 1.67. The Labute approximate surface area is 60.0 Å². The van der Waals surface area contributed by atoms with Gasteiger partial charge in [0.25, 0.3) is 0 Å². The maximum absolute atomic E-state index is 10.1. The van der Waals surface area contributed by atoms with Crippen LogP contribution < -0.4 is 0 Å². The molecule has 1 N–H and O–H groups in total. The molecule has 60 valence electrons. The van der Waals surface area contributed by atoms with Crippen molar-refractivity contribution in [2.45, 2.75) is 13.3 Å². The van der Waals surface area contributed by atoms with E-state index in [2.05, 4.69) is 0 Å². The van der Waals surface area contributed by atoms with Gasteiger partial charge in [-0.25, -0.2) is 0 Å². The zero-order chi connectivity index (χ0) is 8.36. The number of rotatable bonds is 1. The lowest BCUT2D eigenvalue weighted by atomic mass is 10.6. The van der Waals surface area contributed by atoms with Crippen molar-refractivity contribution >= 4 is 24.6 Å². The van der Waals surface area contributed by atoms with E-state index >= 15 is 0 Å². The average Bonchev–Trinajstić information content (AvgIpc) is 1.60. The van der Waals surface area contributed by atoms with Gasteiger partial charge in [0.2, 0.25) is 10.3 Å². The molecule has 7 heteroatoms. The SMILES string of the molecule is CCC(=S(=O)=O)S(=O)(=O)O. The zero-order valence-corrected chi connectivity index (χ0v) is 6.74. The van der Waals surface area contributed by atoms with Crippen molar-refractivity contribution < 1.29 is 21.4 Å². The molecule has 0 fully saturated rings. The molecule has 0 atom stereocenters. The molecule has 0 radical (unpaired) electrons. The first-order chi connectivity index (χ1) is 4.39. The van der Waals surface area contributed by atoms with E-state index in [1.54, 1.807) is 0 Å². The molecule has 0 aromatic rings. The molecule has 0 aromatic heterocycles. The van der Waals surface area contributed by atoms with Gasteiger partial charge in [-0.1, -0.05) is 6.92 Å². The van der Waals surface area contributed by atoms with E-state index in [0.29, 0.717) is 0 Å². The maximum Gasteiger partial charge on any atom is 0.305 e. The second kappa shape index (κ2) is 3.13. The van der Waals surface area contributed by atoms with E-state index in [4.69, 9.17) is 4.55 Å². The first kappa shape index (κ1) is 9.60. The first-order valence-corrected chi connectivity index (χ1v) is 4.83. The molecule has 0 spiro atoms. The van der Waals surface area contributed by atoms with Gasteiger partial charge in [0.1, 0.15) is 0 Å². The third kappa shape index (κ3) is 2.46. The Morgan fingerprint density at radius 1 is 1.50 bits per heavy atom. The molecule has 10 heavy (non-hydrogen) atoms. The molecular formula is C3H6O5S2. The van der Waals surface area contributed by atoms with Crippen LogP contribution >= 0.6 is 0 Å². The Bertz CT molecular complexity index is 323. The van der Waals surface area contributed by atoms with Gasteiger partial charge in [-0.2, -0.15) is 16.8 Å². The highest BCUT2D eigenvalue weighted by molar-refractivity contribution is 8.12. The molecule has 0 amide bonds. The molecule has 0 saturated carbocycles. The maximum atomic E-state index is 10.1. The van der Waals surface area contributed by atoms with Gasteiger partial charge in [0.15, 0.2) is 4.20 Å². The van der Waals surface area contributed by atoms with Crippen molar-refractivity contribution in [2.75, 3.05) is 0 Å². The molecule has 0 aromatic carbocycles. The van der Waals surface area contributed by atoms with Gasteiger partial charge in [-0.3, -0.25) is 4.55 Å². The normalized spacial score (nSPS) is 11.0. The molecule has 0 saturated heterocycles. The lowest BCUT2D eigenvalue weighted by Gasteiger charge is -1.89. The predicted octanol–water partition coefficient (Wildman–Crippen LogP) is -0.707. The summed E-state index contributed by atoms with van der Waals surface area (Å²) in [6.07, 6.45) is -0.227. The summed E-state index contributed by atoms with van der Waals surface area (Å²) in [6, 6.07) is 0. The Morgan fingerprint density at radius 3 is 1.90 bits per heavy atom. The van der Waals surface area contributed by atoms with E-state index in [1.165, 1.54) is 6.92 Å². The summed E-state index contributed by atoms with van der Waals surface area (Å²) in [6.45, 7) is 1.32. The van der Waals surface area contributed by atoms with Crippen LogP contribution in [0.15, 0.2) is 0 Å². The molecule has 0 heterocycles. The topological polar surface area (TPSA) is 88.5 Å². The monoisotopic (exact) mass is 186 g/mol. The van der Waals surface area contributed by atoms with E-state index in [1.807, 2.05) is 0 Å². The summed E-state index contributed by atoms with van der Waals surface area (Å²) in [5.41, 5.74) is 0. The van der Waals surface area contributed by atoms with Crippen LogP contribution in [0.2, 0.25) is 0 Å². The lowest BCUT2D eigenvalue weighted by Crippen LogP contribution is -2.12. The standard InChI is InChI=1S/C3H6O5S2/c1-2-3(9(4)5)10(6,7)8/h2H2,1H3,(H,6,7,8). The minimum Gasteiger partial charge on any atom is -0.281 e. The van der Waals surface area contributed by atoms with Gasteiger partial charge in [0, 0.05) is 0 Å². The second-order valence-corrected chi connectivity index (χ2v) is 4.10. The highest BCUT2D eigenvalue weighted by atomic mass is 32.3.